The van der Waals surface area contributed by atoms with Gasteiger partial charge in [0.15, 0.2) is 0 Å². The fourth-order valence-electron chi connectivity index (χ4n) is 1.89. The first kappa shape index (κ1) is 14.3. The number of benzene rings is 2. The van der Waals surface area contributed by atoms with Crippen molar-refractivity contribution in [3.63, 3.8) is 0 Å². The second-order valence-electron chi connectivity index (χ2n) is 4.58. The molecule has 0 spiro atoms. The Labute approximate surface area is 122 Å². The summed E-state index contributed by atoms with van der Waals surface area (Å²) < 4.78 is 5.68. The summed E-state index contributed by atoms with van der Waals surface area (Å²) in [7, 11) is 0. The lowest BCUT2D eigenvalue weighted by molar-refractivity contribution is -0.385. The molecule has 104 valence electrons. The molecule has 0 atom stereocenters. The number of nitro groups is 1. The van der Waals surface area contributed by atoms with Gasteiger partial charge in [-0.25, -0.2) is 0 Å². The second-order valence-corrected chi connectivity index (χ2v) is 4.84. The lowest BCUT2D eigenvalue weighted by Crippen LogP contribution is -1.96. The molecule has 5 heteroatoms. The molecule has 20 heavy (non-hydrogen) atoms. The van der Waals surface area contributed by atoms with E-state index >= 15 is 0 Å². The zero-order chi connectivity index (χ0) is 14.7. The monoisotopic (exact) mass is 291 g/mol. The van der Waals surface area contributed by atoms with Crippen molar-refractivity contribution in [2.24, 2.45) is 0 Å². The number of rotatable bonds is 4. The molecular weight excluding hydrogens is 278 g/mol. The molecule has 0 amide bonds. The van der Waals surface area contributed by atoms with E-state index in [2.05, 4.69) is 0 Å². The molecule has 2 aromatic rings. The van der Waals surface area contributed by atoms with Crippen molar-refractivity contribution < 1.29 is 9.66 Å². The summed E-state index contributed by atoms with van der Waals surface area (Å²) in [6, 6.07) is 10.4. The Balaban J connectivity index is 2.42. The first-order valence-electron chi connectivity index (χ1n) is 6.09. The number of hydrogen-bond donors (Lipinski definition) is 0. The van der Waals surface area contributed by atoms with Gasteiger partial charge in [0.2, 0.25) is 5.75 Å². The summed E-state index contributed by atoms with van der Waals surface area (Å²) in [6.45, 7) is 3.75. The molecule has 4 nitrogen and oxygen atoms in total. The van der Waals surface area contributed by atoms with Gasteiger partial charge in [-0.3, -0.25) is 10.1 Å². The fourth-order valence-corrected chi connectivity index (χ4v) is 2.10. The van der Waals surface area contributed by atoms with Crippen LogP contribution in [0.25, 0.3) is 0 Å². The standard InChI is InChI=1S/C15H14ClNO3/c1-10-3-5-14(12(7-10)9-16)20-15-6-4-11(2)8-13(15)17(18)19/h3-8H,9H2,1-2H3. The topological polar surface area (TPSA) is 52.4 Å². The number of halogens is 1. The van der Waals surface area contributed by atoms with Gasteiger partial charge < -0.3 is 4.74 Å². The Bertz CT molecular complexity index is 656. The average Bonchev–Trinajstić information content (AvgIpc) is 2.42. The SMILES string of the molecule is Cc1ccc(Oc2ccc(C)cc2[N+](=O)[O-])c(CCl)c1. The Hall–Kier alpha value is -2.07. The first-order chi connectivity index (χ1) is 9.51. The van der Waals surface area contributed by atoms with E-state index in [1.807, 2.05) is 19.1 Å². The Morgan fingerprint density at radius 1 is 1.10 bits per heavy atom. The molecule has 0 aliphatic carbocycles. The smallest absolute Gasteiger partial charge is 0.311 e. The normalized spacial score (nSPS) is 10.3. The number of hydrogen-bond acceptors (Lipinski definition) is 3. The summed E-state index contributed by atoms with van der Waals surface area (Å²) in [5, 5.41) is 11.1. The zero-order valence-corrected chi connectivity index (χ0v) is 12.0. The molecule has 2 rings (SSSR count). The van der Waals surface area contributed by atoms with E-state index in [9.17, 15) is 10.1 Å². The van der Waals surface area contributed by atoms with E-state index in [1.54, 1.807) is 25.1 Å². The van der Waals surface area contributed by atoms with E-state index in [0.29, 0.717) is 5.75 Å². The maximum absolute atomic E-state index is 11.1. The molecule has 0 aliphatic heterocycles. The Kier molecular flexibility index (Phi) is 4.25. The van der Waals surface area contributed by atoms with Gasteiger partial charge in [-0.1, -0.05) is 23.8 Å². The third-order valence-corrected chi connectivity index (χ3v) is 3.18. The van der Waals surface area contributed by atoms with Crippen LogP contribution in [0.4, 0.5) is 5.69 Å². The number of aryl methyl sites for hydroxylation is 2. The highest BCUT2D eigenvalue weighted by Crippen LogP contribution is 2.34. The minimum Gasteiger partial charge on any atom is -0.450 e. The molecule has 0 unspecified atom stereocenters. The number of ether oxygens (including phenoxy) is 1. The molecule has 0 saturated heterocycles. The van der Waals surface area contributed by atoms with Crippen LogP contribution in [0.3, 0.4) is 0 Å². The van der Waals surface area contributed by atoms with Gasteiger partial charge in [0, 0.05) is 11.6 Å². The van der Waals surface area contributed by atoms with E-state index in [4.69, 9.17) is 16.3 Å². The summed E-state index contributed by atoms with van der Waals surface area (Å²) in [4.78, 5) is 10.6. The van der Waals surface area contributed by atoms with Crippen molar-refractivity contribution in [3.8, 4) is 11.5 Å². The molecule has 0 N–H and O–H groups in total. The van der Waals surface area contributed by atoms with Gasteiger partial charge >= 0.3 is 5.69 Å². The maximum Gasteiger partial charge on any atom is 0.311 e. The van der Waals surface area contributed by atoms with E-state index in [-0.39, 0.29) is 17.3 Å². The quantitative estimate of drug-likeness (QED) is 0.464. The molecule has 0 radical (unpaired) electrons. The minimum absolute atomic E-state index is 0.0499. The molecule has 0 aliphatic rings. The number of nitro benzene ring substituents is 1. The maximum atomic E-state index is 11.1. The van der Waals surface area contributed by atoms with Crippen LogP contribution in [0.1, 0.15) is 16.7 Å². The van der Waals surface area contributed by atoms with Crippen molar-refractivity contribution >= 4 is 17.3 Å². The highest BCUT2D eigenvalue weighted by molar-refractivity contribution is 6.17. The zero-order valence-electron chi connectivity index (χ0n) is 11.2. The van der Waals surface area contributed by atoms with Gasteiger partial charge in [-0.15, -0.1) is 11.6 Å². The van der Waals surface area contributed by atoms with Gasteiger partial charge in [0.05, 0.1) is 10.8 Å². The fraction of sp³-hybridized carbons (Fsp3) is 0.200. The summed E-state index contributed by atoms with van der Waals surface area (Å²) >= 11 is 5.88. The van der Waals surface area contributed by atoms with Crippen LogP contribution in [-0.2, 0) is 5.88 Å². The van der Waals surface area contributed by atoms with Crippen LogP contribution in [0.2, 0.25) is 0 Å². The molecule has 0 fully saturated rings. The highest BCUT2D eigenvalue weighted by Gasteiger charge is 2.17. The number of nitrogens with zero attached hydrogens (tertiary/aromatic N) is 1. The summed E-state index contributed by atoms with van der Waals surface area (Å²) in [5.41, 5.74) is 2.63. The van der Waals surface area contributed by atoms with Crippen LogP contribution >= 0.6 is 11.6 Å². The van der Waals surface area contributed by atoms with E-state index in [0.717, 1.165) is 16.7 Å². The van der Waals surface area contributed by atoms with Crippen LogP contribution in [-0.4, -0.2) is 4.92 Å². The Morgan fingerprint density at radius 2 is 1.70 bits per heavy atom. The van der Waals surface area contributed by atoms with Crippen molar-refractivity contribution in [1.29, 1.82) is 0 Å². The third kappa shape index (κ3) is 3.08. The molecule has 0 saturated carbocycles. The van der Waals surface area contributed by atoms with Crippen LogP contribution in [0.15, 0.2) is 36.4 Å². The molecule has 0 aromatic heterocycles. The van der Waals surface area contributed by atoms with Gasteiger partial charge in [-0.05, 0) is 31.5 Å². The Morgan fingerprint density at radius 3 is 2.30 bits per heavy atom. The molecular formula is C15H14ClNO3. The third-order valence-electron chi connectivity index (χ3n) is 2.89. The van der Waals surface area contributed by atoms with Gasteiger partial charge in [0.25, 0.3) is 0 Å². The van der Waals surface area contributed by atoms with Crippen molar-refractivity contribution in [1.82, 2.24) is 0 Å². The largest absolute Gasteiger partial charge is 0.450 e. The van der Waals surface area contributed by atoms with Crippen molar-refractivity contribution in [3.05, 3.63) is 63.2 Å². The minimum atomic E-state index is -0.448. The van der Waals surface area contributed by atoms with Gasteiger partial charge in [-0.2, -0.15) is 0 Å². The lowest BCUT2D eigenvalue weighted by Gasteiger charge is -2.11. The van der Waals surface area contributed by atoms with Crippen LogP contribution in [0, 0.1) is 24.0 Å². The number of alkyl halides is 1. The summed E-state index contributed by atoms with van der Waals surface area (Å²) in [6.07, 6.45) is 0. The van der Waals surface area contributed by atoms with E-state index < -0.39 is 4.92 Å². The van der Waals surface area contributed by atoms with E-state index in [1.165, 1.54) is 6.07 Å². The van der Waals surface area contributed by atoms with Crippen LogP contribution < -0.4 is 4.74 Å². The van der Waals surface area contributed by atoms with Gasteiger partial charge in [0.1, 0.15) is 5.75 Å². The first-order valence-corrected chi connectivity index (χ1v) is 6.63. The second kappa shape index (κ2) is 5.92. The predicted molar refractivity (Wildman–Crippen MR) is 78.6 cm³/mol. The molecule has 2 aromatic carbocycles. The lowest BCUT2D eigenvalue weighted by atomic mass is 10.1. The summed E-state index contributed by atoms with van der Waals surface area (Å²) in [5.74, 6) is 1.05. The predicted octanol–water partition coefficient (Wildman–Crippen LogP) is 4.74. The van der Waals surface area contributed by atoms with Crippen LogP contribution in [0.5, 0.6) is 11.5 Å². The van der Waals surface area contributed by atoms with Crippen molar-refractivity contribution in [2.75, 3.05) is 0 Å². The van der Waals surface area contributed by atoms with Crippen molar-refractivity contribution in [2.45, 2.75) is 19.7 Å². The average molecular weight is 292 g/mol. The molecule has 0 heterocycles. The molecule has 0 bridgehead atoms. The highest BCUT2D eigenvalue weighted by atomic mass is 35.5.